The van der Waals surface area contributed by atoms with E-state index in [9.17, 15) is 20.3 Å². The molecule has 5 N–H and O–H groups in total. The van der Waals surface area contributed by atoms with Crippen molar-refractivity contribution >= 4 is 29.2 Å². The molecular weight excluding hydrogens is 713 g/mol. The van der Waals surface area contributed by atoms with Crippen molar-refractivity contribution in [3.63, 3.8) is 0 Å². The first kappa shape index (κ1) is 36.3. The summed E-state index contributed by atoms with van der Waals surface area (Å²) in [7, 11) is 0. The summed E-state index contributed by atoms with van der Waals surface area (Å²) in [6, 6.07) is 24.2. The molecule has 0 amide bonds. The van der Waals surface area contributed by atoms with Crippen molar-refractivity contribution in [1.29, 1.82) is 5.26 Å². The van der Waals surface area contributed by atoms with Gasteiger partial charge in [0, 0.05) is 47.2 Å². The lowest BCUT2D eigenvalue weighted by molar-refractivity contribution is -0.145. The number of carboxylic acids is 1. The summed E-state index contributed by atoms with van der Waals surface area (Å²) in [6.07, 6.45) is 5.84. The van der Waals surface area contributed by atoms with Crippen molar-refractivity contribution in [3.8, 4) is 40.1 Å². The summed E-state index contributed by atoms with van der Waals surface area (Å²) >= 11 is 14.0. The SMILES string of the molecule is CC(CO)(NCc1cc(Cl)c(O[C@H]2CCc3c(-c4cccc(-c5ccc6c(c5)C[C@H](N)C6)c4Cl)cccc32)nc1OCc1cncc(C#N)c1)C(=O)O. The standard InChI is InChI=1S/C41H37Cl2N5O5/c1-41(22-49,40(50)51)47-20-28-16-35(42)39(48-38(28)52-21-24-12-23(17-44)18-46-19-24)53-36-11-10-32-31(5-3-6-33(32)36)34-7-2-4-30(37(34)43)26-9-8-25-14-29(45)15-27(25)13-26/h2-9,12-13,16,18-19,29,36,47,49H,10-11,14-15,20-22,45H2,1H3,(H,50,51)/t29-,36+,41?/m1/s1. The Kier molecular flexibility index (Phi) is 10.4. The van der Waals surface area contributed by atoms with Gasteiger partial charge in [-0.2, -0.15) is 10.2 Å². The highest BCUT2D eigenvalue weighted by Gasteiger charge is 2.33. The first-order chi connectivity index (χ1) is 25.6. The van der Waals surface area contributed by atoms with E-state index in [0.717, 1.165) is 52.6 Å². The number of aromatic nitrogens is 2. The van der Waals surface area contributed by atoms with E-state index >= 15 is 0 Å². The van der Waals surface area contributed by atoms with Crippen LogP contribution in [-0.2, 0) is 37.2 Å². The highest BCUT2D eigenvalue weighted by Crippen LogP contribution is 2.45. The lowest BCUT2D eigenvalue weighted by Gasteiger charge is -2.24. The van der Waals surface area contributed by atoms with E-state index in [1.165, 1.54) is 24.2 Å². The van der Waals surface area contributed by atoms with E-state index < -0.39 is 18.1 Å². The number of ether oxygens (including phenoxy) is 2. The molecule has 5 aromatic rings. The lowest BCUT2D eigenvalue weighted by Crippen LogP contribution is -2.52. The van der Waals surface area contributed by atoms with Gasteiger partial charge in [0.1, 0.15) is 29.3 Å². The summed E-state index contributed by atoms with van der Waals surface area (Å²) in [5, 5.41) is 32.5. The van der Waals surface area contributed by atoms with Gasteiger partial charge in [-0.15, -0.1) is 0 Å². The monoisotopic (exact) mass is 749 g/mol. The summed E-state index contributed by atoms with van der Waals surface area (Å²) in [4.78, 5) is 20.6. The maximum absolute atomic E-state index is 11.8. The molecule has 3 atom stereocenters. The topological polar surface area (TPSA) is 164 Å². The minimum absolute atomic E-state index is 0.0221. The number of carboxylic acid groups (broad SMARTS) is 1. The third-order valence-corrected chi connectivity index (χ3v) is 10.7. The smallest absolute Gasteiger partial charge is 0.326 e. The lowest BCUT2D eigenvalue weighted by atomic mass is 9.93. The third kappa shape index (κ3) is 7.45. The fourth-order valence-electron chi connectivity index (χ4n) is 7.01. The number of nitriles is 1. The van der Waals surface area contributed by atoms with Gasteiger partial charge in [-0.05, 0) is 78.1 Å². The van der Waals surface area contributed by atoms with Crippen molar-refractivity contribution in [2.24, 2.45) is 5.73 Å². The van der Waals surface area contributed by atoms with Crippen molar-refractivity contribution in [2.75, 3.05) is 6.61 Å². The minimum atomic E-state index is -1.62. The molecule has 2 aliphatic carbocycles. The molecule has 2 aliphatic rings. The van der Waals surface area contributed by atoms with Gasteiger partial charge >= 0.3 is 5.97 Å². The van der Waals surface area contributed by atoms with Gasteiger partial charge in [-0.25, -0.2) is 0 Å². The van der Waals surface area contributed by atoms with Gasteiger partial charge in [-0.1, -0.05) is 77.8 Å². The maximum atomic E-state index is 11.8. The number of fused-ring (bicyclic) bond motifs is 2. The van der Waals surface area contributed by atoms with Crippen LogP contribution in [0.2, 0.25) is 10.0 Å². The van der Waals surface area contributed by atoms with Gasteiger partial charge in [0.05, 0.1) is 17.2 Å². The molecule has 7 rings (SSSR count). The Morgan fingerprint density at radius 1 is 1.04 bits per heavy atom. The summed E-state index contributed by atoms with van der Waals surface area (Å²) in [6.45, 7) is 0.722. The number of carbonyl (C=O) groups is 1. The maximum Gasteiger partial charge on any atom is 0.326 e. The van der Waals surface area contributed by atoms with Crippen LogP contribution in [0.3, 0.4) is 0 Å². The summed E-state index contributed by atoms with van der Waals surface area (Å²) in [5.74, 6) is -0.923. The quantitative estimate of drug-likeness (QED) is 0.105. The van der Waals surface area contributed by atoms with E-state index in [4.69, 9.17) is 38.4 Å². The van der Waals surface area contributed by atoms with Gasteiger partial charge in [-0.3, -0.25) is 15.1 Å². The normalized spacial score (nSPS) is 17.1. The number of hydrogen-bond acceptors (Lipinski definition) is 9. The zero-order valence-electron chi connectivity index (χ0n) is 28.9. The van der Waals surface area contributed by atoms with Crippen LogP contribution in [0.4, 0.5) is 0 Å². The number of hydrogen-bond donors (Lipinski definition) is 4. The van der Waals surface area contributed by atoms with Crippen molar-refractivity contribution in [1.82, 2.24) is 15.3 Å². The largest absolute Gasteiger partial charge is 0.480 e. The summed E-state index contributed by atoms with van der Waals surface area (Å²) in [5.41, 5.74) is 14.8. The Bertz CT molecular complexity index is 2260. The average molecular weight is 751 g/mol. The highest BCUT2D eigenvalue weighted by atomic mass is 35.5. The highest BCUT2D eigenvalue weighted by molar-refractivity contribution is 6.36. The third-order valence-electron chi connectivity index (χ3n) is 9.98. The zero-order valence-corrected chi connectivity index (χ0v) is 30.4. The first-order valence-corrected chi connectivity index (χ1v) is 18.0. The fraction of sp³-hybridized carbons (Fsp3) is 0.268. The second-order valence-electron chi connectivity index (χ2n) is 13.7. The van der Waals surface area contributed by atoms with Crippen LogP contribution in [0.1, 0.15) is 58.4 Å². The molecule has 12 heteroatoms. The Morgan fingerprint density at radius 2 is 1.81 bits per heavy atom. The molecule has 0 radical (unpaired) electrons. The molecule has 3 aromatic carbocycles. The first-order valence-electron chi connectivity index (χ1n) is 17.3. The average Bonchev–Trinajstić information content (AvgIpc) is 3.76. The molecule has 53 heavy (non-hydrogen) atoms. The second kappa shape index (κ2) is 15.1. The molecule has 270 valence electrons. The molecule has 0 bridgehead atoms. The van der Waals surface area contributed by atoms with Crippen LogP contribution in [0.25, 0.3) is 22.3 Å². The van der Waals surface area contributed by atoms with Crippen molar-refractivity contribution in [2.45, 2.75) is 63.4 Å². The fourth-order valence-corrected chi connectivity index (χ4v) is 7.56. The van der Waals surface area contributed by atoms with E-state index in [-0.39, 0.29) is 42.1 Å². The molecule has 0 saturated carbocycles. The molecule has 2 aromatic heterocycles. The predicted molar refractivity (Wildman–Crippen MR) is 202 cm³/mol. The Balaban J connectivity index is 1.17. The Labute approximate surface area is 317 Å². The number of aliphatic hydroxyl groups excluding tert-OH is 1. The van der Waals surface area contributed by atoms with Crippen LogP contribution in [-0.4, -0.2) is 44.3 Å². The van der Waals surface area contributed by atoms with E-state index in [0.29, 0.717) is 28.1 Å². The van der Waals surface area contributed by atoms with E-state index in [1.807, 2.05) is 30.3 Å². The summed E-state index contributed by atoms with van der Waals surface area (Å²) < 4.78 is 12.6. The number of aliphatic carboxylic acids is 1. The number of rotatable bonds is 12. The number of aliphatic hydroxyl groups is 1. The molecule has 10 nitrogen and oxygen atoms in total. The number of nitrogens with zero attached hydrogens (tertiary/aromatic N) is 3. The minimum Gasteiger partial charge on any atom is -0.480 e. The number of benzene rings is 3. The van der Waals surface area contributed by atoms with Crippen LogP contribution < -0.4 is 20.5 Å². The molecule has 0 saturated heterocycles. The number of nitrogens with two attached hydrogens (primary N) is 1. The van der Waals surface area contributed by atoms with Gasteiger partial charge in [0.25, 0.3) is 0 Å². The zero-order chi connectivity index (χ0) is 37.3. The van der Waals surface area contributed by atoms with Crippen molar-refractivity contribution in [3.05, 3.63) is 128 Å². The molecular formula is C41H37Cl2N5O5. The Hall–Kier alpha value is -5.02. The second-order valence-corrected chi connectivity index (χ2v) is 14.5. The number of halogens is 2. The molecule has 1 unspecified atom stereocenters. The van der Waals surface area contributed by atoms with E-state index in [2.05, 4.69) is 45.6 Å². The molecule has 0 fully saturated rings. The van der Waals surface area contributed by atoms with Crippen LogP contribution in [0.15, 0.2) is 79.1 Å². The van der Waals surface area contributed by atoms with Gasteiger partial charge in [0.15, 0.2) is 0 Å². The van der Waals surface area contributed by atoms with Crippen LogP contribution >= 0.6 is 23.2 Å². The molecule has 0 aliphatic heterocycles. The van der Waals surface area contributed by atoms with E-state index in [1.54, 1.807) is 18.3 Å². The van der Waals surface area contributed by atoms with Crippen molar-refractivity contribution < 1.29 is 24.5 Å². The van der Waals surface area contributed by atoms with Crippen LogP contribution in [0.5, 0.6) is 11.8 Å². The molecule has 2 heterocycles. The predicted octanol–water partition coefficient (Wildman–Crippen LogP) is 6.99. The Morgan fingerprint density at radius 3 is 2.60 bits per heavy atom. The number of nitrogens with one attached hydrogen (secondary N) is 1. The molecule has 0 spiro atoms. The van der Waals surface area contributed by atoms with Gasteiger partial charge in [0.2, 0.25) is 11.8 Å². The van der Waals surface area contributed by atoms with Gasteiger partial charge < -0.3 is 25.4 Å². The number of pyridine rings is 2. The van der Waals surface area contributed by atoms with Crippen LogP contribution in [0, 0.1) is 11.3 Å².